The third kappa shape index (κ3) is 4.70. The minimum atomic E-state index is -0.669. The second kappa shape index (κ2) is 9.61. The zero-order valence-electron chi connectivity index (χ0n) is 18.5. The zero-order valence-corrected chi connectivity index (χ0v) is 18.5. The Kier molecular flexibility index (Phi) is 6.24. The van der Waals surface area contributed by atoms with Gasteiger partial charge in [0.1, 0.15) is 18.5 Å². The summed E-state index contributed by atoms with van der Waals surface area (Å²) in [6, 6.07) is 27.7. The van der Waals surface area contributed by atoms with Crippen LogP contribution in [-0.4, -0.2) is 35.0 Å². The summed E-state index contributed by atoms with van der Waals surface area (Å²) in [7, 11) is 0. The number of rotatable bonds is 7. The average Bonchev–Trinajstić information content (AvgIpc) is 2.86. The number of fused-ring (bicyclic) bond motifs is 2. The third-order valence-electron chi connectivity index (χ3n) is 6.32. The molecule has 0 saturated carbocycles. The third-order valence-corrected chi connectivity index (χ3v) is 6.32. The van der Waals surface area contributed by atoms with Crippen LogP contribution >= 0.6 is 0 Å². The van der Waals surface area contributed by atoms with Crippen molar-refractivity contribution in [2.45, 2.75) is 31.4 Å². The Balaban J connectivity index is 1.26. The topological polar surface area (TPSA) is 63.5 Å². The minimum absolute atomic E-state index is 0.120. The number of nitrogens with one attached hydrogen (secondary N) is 1. The summed E-state index contributed by atoms with van der Waals surface area (Å²) in [6.07, 6.45) is 2.43. The first kappa shape index (κ1) is 21.4. The molecule has 3 aromatic carbocycles. The van der Waals surface area contributed by atoms with E-state index in [-0.39, 0.29) is 12.2 Å². The average molecular weight is 441 g/mol. The number of hydrogen-bond donors (Lipinski definition) is 2. The van der Waals surface area contributed by atoms with Crippen LogP contribution in [0.15, 0.2) is 89.7 Å². The van der Waals surface area contributed by atoms with Gasteiger partial charge in [-0.2, -0.15) is 0 Å². The van der Waals surface area contributed by atoms with Gasteiger partial charge in [-0.25, -0.2) is 0 Å². The van der Waals surface area contributed by atoms with E-state index in [4.69, 9.17) is 4.74 Å². The molecule has 0 saturated heterocycles. The van der Waals surface area contributed by atoms with Crippen LogP contribution in [0.5, 0.6) is 5.75 Å². The van der Waals surface area contributed by atoms with Crippen molar-refractivity contribution in [3.05, 3.63) is 106 Å². The maximum absolute atomic E-state index is 12.9. The first-order chi connectivity index (χ1) is 16.2. The Morgan fingerprint density at radius 1 is 0.970 bits per heavy atom. The second-order valence-electron chi connectivity index (χ2n) is 8.62. The molecule has 5 rings (SSSR count). The predicted molar refractivity (Wildman–Crippen MR) is 131 cm³/mol. The zero-order chi connectivity index (χ0) is 22.6. The highest BCUT2D eigenvalue weighted by atomic mass is 16.5. The number of hydrogen-bond acceptors (Lipinski definition) is 4. The summed E-state index contributed by atoms with van der Waals surface area (Å²) in [6.45, 7) is 0.570. The molecule has 5 nitrogen and oxygen atoms in total. The molecule has 33 heavy (non-hydrogen) atoms. The van der Waals surface area contributed by atoms with Crippen LogP contribution in [-0.2, 0) is 12.8 Å². The van der Waals surface area contributed by atoms with E-state index < -0.39 is 6.10 Å². The van der Waals surface area contributed by atoms with Crippen LogP contribution in [0, 0.1) is 0 Å². The Bertz CT molecular complexity index is 1300. The van der Waals surface area contributed by atoms with E-state index >= 15 is 0 Å². The van der Waals surface area contributed by atoms with Gasteiger partial charge in [0.25, 0.3) is 5.56 Å². The second-order valence-corrected chi connectivity index (χ2v) is 8.62. The van der Waals surface area contributed by atoms with E-state index in [0.29, 0.717) is 18.3 Å². The van der Waals surface area contributed by atoms with Crippen molar-refractivity contribution in [3.63, 3.8) is 0 Å². The fourth-order valence-corrected chi connectivity index (χ4v) is 4.63. The van der Waals surface area contributed by atoms with E-state index in [0.717, 1.165) is 35.9 Å². The van der Waals surface area contributed by atoms with Gasteiger partial charge >= 0.3 is 0 Å². The molecule has 0 aliphatic heterocycles. The molecule has 0 fully saturated rings. The molecule has 1 aromatic heterocycles. The van der Waals surface area contributed by atoms with Gasteiger partial charge in [-0.3, -0.25) is 9.36 Å². The van der Waals surface area contributed by atoms with Gasteiger partial charge in [-0.05, 0) is 54.7 Å². The summed E-state index contributed by atoms with van der Waals surface area (Å²) < 4.78 is 7.63. The highest BCUT2D eigenvalue weighted by Gasteiger charge is 2.19. The van der Waals surface area contributed by atoms with Crippen molar-refractivity contribution in [3.8, 4) is 11.4 Å². The lowest BCUT2D eigenvalue weighted by atomic mass is 9.88. The molecular weight excluding hydrogens is 412 g/mol. The van der Waals surface area contributed by atoms with Gasteiger partial charge in [0.15, 0.2) is 0 Å². The molecule has 168 valence electrons. The lowest BCUT2D eigenvalue weighted by Gasteiger charge is -2.26. The molecule has 1 heterocycles. The largest absolute Gasteiger partial charge is 0.490 e. The van der Waals surface area contributed by atoms with Gasteiger partial charge in [0.05, 0.1) is 5.52 Å². The predicted octanol–water partition coefficient (Wildman–Crippen LogP) is 3.88. The Hall–Kier alpha value is -3.41. The first-order valence-corrected chi connectivity index (χ1v) is 11.5. The van der Waals surface area contributed by atoms with Crippen molar-refractivity contribution in [1.29, 1.82) is 0 Å². The van der Waals surface area contributed by atoms with Crippen molar-refractivity contribution >= 4 is 10.9 Å². The molecule has 0 amide bonds. The highest BCUT2D eigenvalue weighted by molar-refractivity contribution is 5.86. The normalized spacial score (nSPS) is 16.3. The molecule has 0 bridgehead atoms. The number of aryl methyl sites for hydroxylation is 1. The van der Waals surface area contributed by atoms with Crippen LogP contribution in [0.2, 0.25) is 0 Å². The molecule has 5 heteroatoms. The van der Waals surface area contributed by atoms with E-state index in [9.17, 15) is 9.90 Å². The number of aliphatic hydroxyl groups is 1. The van der Waals surface area contributed by atoms with Crippen molar-refractivity contribution in [1.82, 2.24) is 9.88 Å². The summed E-state index contributed by atoms with van der Waals surface area (Å²) in [5, 5.41) is 14.9. The fraction of sp³-hybridized carbons (Fsp3) is 0.250. The monoisotopic (exact) mass is 440 g/mol. The maximum atomic E-state index is 12.9. The number of para-hydroxylation sites is 2. The number of aromatic nitrogens is 1. The summed E-state index contributed by atoms with van der Waals surface area (Å²) >= 11 is 0. The smallest absolute Gasteiger partial charge is 0.259 e. The molecule has 2 N–H and O–H groups in total. The lowest BCUT2D eigenvalue weighted by Crippen LogP contribution is -2.40. The van der Waals surface area contributed by atoms with E-state index in [1.165, 1.54) is 17.2 Å². The standard InChI is InChI=1S/C28H28N2O3/c31-24(18-29-22-15-14-20-8-4-5-9-21(20)16-22)19-33-27-17-28(32)30(23-10-2-1-3-11-23)26-13-7-6-12-25(26)27/h1-13,17,22,24,29,31H,14-16,18-19H2. The van der Waals surface area contributed by atoms with Gasteiger partial charge < -0.3 is 15.2 Å². The molecule has 4 aromatic rings. The van der Waals surface area contributed by atoms with Gasteiger partial charge in [-0.15, -0.1) is 0 Å². The molecular formula is C28H28N2O3. The number of aliphatic hydroxyl groups excluding tert-OH is 1. The highest BCUT2D eigenvalue weighted by Crippen LogP contribution is 2.26. The number of nitrogens with zero attached hydrogens (tertiary/aromatic N) is 1. The van der Waals surface area contributed by atoms with Crippen molar-refractivity contribution in [2.24, 2.45) is 0 Å². The Morgan fingerprint density at radius 3 is 2.55 bits per heavy atom. The van der Waals surface area contributed by atoms with Crippen LogP contribution in [0.4, 0.5) is 0 Å². The molecule has 1 aliphatic carbocycles. The van der Waals surface area contributed by atoms with Crippen molar-refractivity contribution in [2.75, 3.05) is 13.2 Å². The lowest BCUT2D eigenvalue weighted by molar-refractivity contribution is 0.103. The van der Waals surface area contributed by atoms with E-state index in [1.54, 1.807) is 4.57 Å². The van der Waals surface area contributed by atoms with Crippen LogP contribution in [0.1, 0.15) is 17.5 Å². The first-order valence-electron chi connectivity index (χ1n) is 11.5. The van der Waals surface area contributed by atoms with Crippen molar-refractivity contribution < 1.29 is 9.84 Å². The van der Waals surface area contributed by atoms with Gasteiger partial charge in [0.2, 0.25) is 0 Å². The Labute approximate surface area is 193 Å². The van der Waals surface area contributed by atoms with Gasteiger partial charge in [0, 0.05) is 29.7 Å². The number of ether oxygens (including phenoxy) is 1. The maximum Gasteiger partial charge on any atom is 0.259 e. The molecule has 0 radical (unpaired) electrons. The number of pyridine rings is 1. The molecule has 1 aliphatic rings. The van der Waals surface area contributed by atoms with Crippen LogP contribution < -0.4 is 15.6 Å². The Morgan fingerprint density at radius 2 is 1.70 bits per heavy atom. The van der Waals surface area contributed by atoms with Crippen LogP contribution in [0.3, 0.4) is 0 Å². The fourth-order valence-electron chi connectivity index (χ4n) is 4.63. The summed E-state index contributed by atoms with van der Waals surface area (Å²) in [5.41, 5.74) is 4.24. The number of benzene rings is 3. The van der Waals surface area contributed by atoms with Crippen LogP contribution in [0.25, 0.3) is 16.6 Å². The van der Waals surface area contributed by atoms with E-state index in [2.05, 4.69) is 29.6 Å². The van der Waals surface area contributed by atoms with E-state index in [1.807, 2.05) is 54.6 Å². The summed E-state index contributed by atoms with van der Waals surface area (Å²) in [4.78, 5) is 12.9. The summed E-state index contributed by atoms with van der Waals surface area (Å²) in [5.74, 6) is 0.494. The molecule has 0 spiro atoms. The minimum Gasteiger partial charge on any atom is -0.490 e. The quantitative estimate of drug-likeness (QED) is 0.458. The molecule has 2 atom stereocenters. The van der Waals surface area contributed by atoms with Gasteiger partial charge in [-0.1, -0.05) is 54.6 Å². The molecule has 2 unspecified atom stereocenters. The SMILES string of the molecule is O=c1cc(OCC(O)CNC2CCc3ccccc3C2)c2ccccc2n1-c1ccccc1.